The number of carbonyl (C=O) groups is 1. The summed E-state index contributed by atoms with van der Waals surface area (Å²) in [6.45, 7) is 4.16. The molecule has 26 heavy (non-hydrogen) atoms. The summed E-state index contributed by atoms with van der Waals surface area (Å²) in [5, 5.41) is 10.5. The maximum absolute atomic E-state index is 12.4. The molecule has 1 aromatic carbocycles. The molecule has 5 nitrogen and oxygen atoms in total. The number of nitrogens with zero attached hydrogens (tertiary/aromatic N) is 2. The second-order valence-electron chi connectivity index (χ2n) is 6.94. The van der Waals surface area contributed by atoms with Crippen LogP contribution in [0, 0.1) is 5.41 Å². The molecule has 0 radical (unpaired) electrons. The highest BCUT2D eigenvalue weighted by Crippen LogP contribution is 2.26. The summed E-state index contributed by atoms with van der Waals surface area (Å²) >= 11 is 0. The van der Waals surface area contributed by atoms with Crippen LogP contribution in [0.2, 0.25) is 0 Å². The lowest BCUT2D eigenvalue weighted by atomic mass is 9.86. The molecule has 0 spiro atoms. The number of rotatable bonds is 6. The molecule has 1 N–H and O–H groups in total. The second kappa shape index (κ2) is 7.54. The van der Waals surface area contributed by atoms with Crippen LogP contribution in [-0.4, -0.2) is 26.7 Å². The van der Waals surface area contributed by atoms with Gasteiger partial charge in [0.05, 0.1) is 6.20 Å². The van der Waals surface area contributed by atoms with Gasteiger partial charge in [-0.1, -0.05) is 44.2 Å². The van der Waals surface area contributed by atoms with Gasteiger partial charge in [0.1, 0.15) is 5.75 Å². The molecule has 1 atom stereocenters. The van der Waals surface area contributed by atoms with Crippen LogP contribution in [0.4, 0.5) is 0 Å². The highest BCUT2D eigenvalue weighted by molar-refractivity contribution is 5.78. The van der Waals surface area contributed by atoms with Gasteiger partial charge < -0.3 is 14.4 Å². The van der Waals surface area contributed by atoms with E-state index in [0.717, 1.165) is 11.1 Å². The van der Waals surface area contributed by atoms with Crippen LogP contribution >= 0.6 is 0 Å². The van der Waals surface area contributed by atoms with Crippen molar-refractivity contribution in [2.24, 2.45) is 5.41 Å². The smallest absolute Gasteiger partial charge is 0.341 e. The molecule has 0 saturated carbocycles. The number of aliphatic hydroxyl groups is 1. The Kier molecular flexibility index (Phi) is 5.19. The summed E-state index contributed by atoms with van der Waals surface area (Å²) in [5.74, 6) is -0.374. The first-order chi connectivity index (χ1) is 12.5. The van der Waals surface area contributed by atoms with Gasteiger partial charge in [0.2, 0.25) is 0 Å². The summed E-state index contributed by atoms with van der Waals surface area (Å²) in [4.78, 5) is 16.6. The van der Waals surface area contributed by atoms with E-state index >= 15 is 0 Å². The predicted molar refractivity (Wildman–Crippen MR) is 99.5 cm³/mol. The fraction of sp³-hybridized carbons (Fsp3) is 0.238. The molecule has 2 heterocycles. The van der Waals surface area contributed by atoms with Crippen molar-refractivity contribution in [3.05, 3.63) is 73.3 Å². The van der Waals surface area contributed by atoms with Crippen LogP contribution in [-0.2, 0) is 11.3 Å². The number of hydrogen-bond acceptors (Lipinski definition) is 4. The zero-order valence-electron chi connectivity index (χ0n) is 14.9. The van der Waals surface area contributed by atoms with Crippen LogP contribution in [0.5, 0.6) is 5.75 Å². The van der Waals surface area contributed by atoms with Crippen LogP contribution in [0.3, 0.4) is 0 Å². The molecule has 0 amide bonds. The minimum atomic E-state index is -1.26. The van der Waals surface area contributed by atoms with E-state index in [2.05, 4.69) is 4.98 Å². The third-order valence-corrected chi connectivity index (χ3v) is 4.26. The Morgan fingerprint density at radius 1 is 1.12 bits per heavy atom. The average Bonchev–Trinajstić information content (AvgIpc) is 3.14. The largest absolute Gasteiger partial charge is 0.423 e. The SMILES string of the molecule is CC(C)(Cn1cccc1)C(O)C(=O)Oc1cncc(-c2ccccc2)c1. The molecule has 3 rings (SSSR count). The third-order valence-electron chi connectivity index (χ3n) is 4.26. The monoisotopic (exact) mass is 350 g/mol. The first kappa shape index (κ1) is 17.9. The third kappa shape index (κ3) is 4.18. The molecule has 134 valence electrons. The lowest BCUT2D eigenvalue weighted by Gasteiger charge is -2.29. The molecule has 0 saturated heterocycles. The standard InChI is InChI=1S/C21H22N2O3/c1-21(2,15-23-10-6-7-11-23)19(24)20(25)26-18-12-17(13-22-14-18)16-8-4-3-5-9-16/h3-14,19,24H,15H2,1-2H3. The van der Waals surface area contributed by atoms with Crippen LogP contribution in [0.15, 0.2) is 73.3 Å². The Morgan fingerprint density at radius 2 is 1.81 bits per heavy atom. The van der Waals surface area contributed by atoms with Gasteiger partial charge in [-0.3, -0.25) is 4.98 Å². The fourth-order valence-electron chi connectivity index (χ4n) is 2.79. The van der Waals surface area contributed by atoms with Gasteiger partial charge in [-0.15, -0.1) is 0 Å². The molecule has 0 aliphatic heterocycles. The molecule has 3 aromatic rings. The Labute approximate surface area is 152 Å². The maximum atomic E-state index is 12.4. The van der Waals surface area contributed by atoms with E-state index in [1.807, 2.05) is 73.3 Å². The highest BCUT2D eigenvalue weighted by atomic mass is 16.5. The number of hydrogen-bond donors (Lipinski definition) is 1. The van der Waals surface area contributed by atoms with Crippen molar-refractivity contribution in [1.82, 2.24) is 9.55 Å². The van der Waals surface area contributed by atoms with Gasteiger partial charge in [-0.2, -0.15) is 0 Å². The number of aliphatic hydroxyl groups excluding tert-OH is 1. The fourth-order valence-corrected chi connectivity index (χ4v) is 2.79. The van der Waals surface area contributed by atoms with Gasteiger partial charge in [-0.05, 0) is 23.8 Å². The number of carbonyl (C=O) groups excluding carboxylic acids is 1. The Bertz CT molecular complexity index is 858. The number of ether oxygens (including phenoxy) is 1. The van der Waals surface area contributed by atoms with E-state index in [1.165, 1.54) is 6.20 Å². The van der Waals surface area contributed by atoms with Crippen molar-refractivity contribution in [3.8, 4) is 16.9 Å². The zero-order valence-corrected chi connectivity index (χ0v) is 14.9. The van der Waals surface area contributed by atoms with E-state index in [0.29, 0.717) is 12.3 Å². The Hall–Kier alpha value is -2.92. The van der Waals surface area contributed by atoms with E-state index in [1.54, 1.807) is 12.3 Å². The van der Waals surface area contributed by atoms with Crippen molar-refractivity contribution < 1.29 is 14.6 Å². The molecule has 1 unspecified atom stereocenters. The number of aromatic nitrogens is 2. The van der Waals surface area contributed by atoms with E-state index in [4.69, 9.17) is 4.74 Å². The lowest BCUT2D eigenvalue weighted by molar-refractivity contribution is -0.150. The summed E-state index contributed by atoms with van der Waals surface area (Å²) in [6, 6.07) is 15.3. The molecule has 0 aliphatic rings. The van der Waals surface area contributed by atoms with Gasteiger partial charge in [0.25, 0.3) is 0 Å². The molecule has 2 aromatic heterocycles. The normalized spacial score (nSPS) is 12.6. The van der Waals surface area contributed by atoms with Crippen molar-refractivity contribution in [3.63, 3.8) is 0 Å². The Morgan fingerprint density at radius 3 is 2.50 bits per heavy atom. The summed E-state index contributed by atoms with van der Waals surface area (Å²) in [5.41, 5.74) is 1.14. The minimum Gasteiger partial charge on any atom is -0.423 e. The number of esters is 1. The van der Waals surface area contributed by atoms with Crippen LogP contribution in [0.25, 0.3) is 11.1 Å². The molecular weight excluding hydrogens is 328 g/mol. The maximum Gasteiger partial charge on any atom is 0.341 e. The predicted octanol–water partition coefficient (Wildman–Crippen LogP) is 3.54. The summed E-state index contributed by atoms with van der Waals surface area (Å²) in [7, 11) is 0. The zero-order chi connectivity index (χ0) is 18.6. The average molecular weight is 350 g/mol. The Balaban J connectivity index is 1.71. The topological polar surface area (TPSA) is 64.4 Å². The van der Waals surface area contributed by atoms with Crippen molar-refractivity contribution in [2.45, 2.75) is 26.5 Å². The molecule has 0 fully saturated rings. The minimum absolute atomic E-state index is 0.312. The second-order valence-corrected chi connectivity index (χ2v) is 6.94. The van der Waals surface area contributed by atoms with Gasteiger partial charge in [-0.25, -0.2) is 4.79 Å². The summed E-state index contributed by atoms with van der Waals surface area (Å²) in [6.07, 6.45) is 5.71. The summed E-state index contributed by atoms with van der Waals surface area (Å²) < 4.78 is 7.31. The number of benzene rings is 1. The molecule has 5 heteroatoms. The van der Waals surface area contributed by atoms with Crippen molar-refractivity contribution in [1.29, 1.82) is 0 Å². The van der Waals surface area contributed by atoms with Crippen LogP contribution in [0.1, 0.15) is 13.8 Å². The molecule has 0 aliphatic carbocycles. The van der Waals surface area contributed by atoms with Crippen molar-refractivity contribution in [2.75, 3.05) is 0 Å². The van der Waals surface area contributed by atoms with Crippen LogP contribution < -0.4 is 4.74 Å². The van der Waals surface area contributed by atoms with E-state index in [-0.39, 0.29) is 0 Å². The van der Waals surface area contributed by atoms with Gasteiger partial charge in [0, 0.05) is 36.1 Å². The van der Waals surface area contributed by atoms with E-state index < -0.39 is 17.5 Å². The first-order valence-electron chi connectivity index (χ1n) is 8.47. The van der Waals surface area contributed by atoms with Gasteiger partial charge in [0.15, 0.2) is 6.10 Å². The molecule has 0 bridgehead atoms. The molecular formula is C21H22N2O3. The lowest BCUT2D eigenvalue weighted by Crippen LogP contribution is -2.41. The van der Waals surface area contributed by atoms with Gasteiger partial charge >= 0.3 is 5.97 Å². The van der Waals surface area contributed by atoms with E-state index in [9.17, 15) is 9.90 Å². The van der Waals surface area contributed by atoms with Crippen molar-refractivity contribution >= 4 is 5.97 Å². The highest BCUT2D eigenvalue weighted by Gasteiger charge is 2.35. The number of pyridine rings is 1. The quantitative estimate of drug-likeness (QED) is 0.691. The first-order valence-corrected chi connectivity index (χ1v) is 8.47.